The number of carbonyl (C=O) groups is 5. The average Bonchev–Trinajstić information content (AvgIpc) is 3.18. The lowest BCUT2D eigenvalue weighted by atomic mass is 9.90. The Labute approximate surface area is 328 Å². The van der Waals surface area contributed by atoms with Gasteiger partial charge in [-0.1, -0.05) is 43.5 Å². The van der Waals surface area contributed by atoms with Crippen molar-refractivity contribution in [1.82, 2.24) is 10.6 Å². The quantitative estimate of drug-likeness (QED) is 0.109. The number of hydrogen-bond acceptors (Lipinski definition) is 11. The number of hydrogen-bond donors (Lipinski definition) is 3. The zero-order chi connectivity index (χ0) is 40.1. The summed E-state index contributed by atoms with van der Waals surface area (Å²) in [5.74, 6) is -1.63. The maximum atomic E-state index is 13.6. The van der Waals surface area contributed by atoms with E-state index in [0.717, 1.165) is 12.8 Å². The molecule has 55 heavy (non-hydrogen) atoms. The number of methoxy groups -OCH3 is 3. The fraction of sp³-hybridized carbons (Fsp3) is 0.425. The maximum absolute atomic E-state index is 13.6. The molecule has 2 unspecified atom stereocenters. The van der Waals surface area contributed by atoms with Gasteiger partial charge in [0.2, 0.25) is 17.9 Å². The summed E-state index contributed by atoms with van der Waals surface area (Å²) in [5, 5.41) is 5.64. The first-order valence-corrected chi connectivity index (χ1v) is 18.7. The van der Waals surface area contributed by atoms with Gasteiger partial charge in [0, 0.05) is 26.0 Å². The maximum Gasteiger partial charge on any atom is 0.351 e. The number of ether oxygens (including phenoxy) is 6. The molecular weight excluding hydrogens is 778 g/mol. The number of nitrogens with two attached hydrogens (primary N) is 1. The standard InChI is InChI=1S/C40H48BrN3O11/c1-23(27-13-18-33(31(20-27)37(42)46)53-21-26-9-7-6-8-10-26)43-38(47)32(44-24(2)45)19-25-11-14-28(15-12-25)55-36(40(49)52-5)30-17-16-29(39(48)51-4)34(41)35(30)54-22-50-3/h11-18,20,23,26,32,36H,6-10,19,21-22H2,1-5H3,(H2,42,46)(H,43,47)(H,44,45)/t23?,32-,36?/m0/s1. The van der Waals surface area contributed by atoms with Crippen molar-refractivity contribution in [3.05, 3.63) is 86.9 Å². The summed E-state index contributed by atoms with van der Waals surface area (Å²) < 4.78 is 33.0. The van der Waals surface area contributed by atoms with Crippen LogP contribution in [0.2, 0.25) is 0 Å². The molecule has 0 saturated heterocycles. The second-order valence-electron chi connectivity index (χ2n) is 13.2. The van der Waals surface area contributed by atoms with Crippen LogP contribution in [0.3, 0.4) is 0 Å². The van der Waals surface area contributed by atoms with Crippen molar-refractivity contribution in [3.8, 4) is 17.2 Å². The first-order chi connectivity index (χ1) is 26.4. The zero-order valence-electron chi connectivity index (χ0n) is 31.6. The van der Waals surface area contributed by atoms with Crippen LogP contribution in [-0.4, -0.2) is 70.4 Å². The van der Waals surface area contributed by atoms with Gasteiger partial charge in [-0.15, -0.1) is 0 Å². The van der Waals surface area contributed by atoms with Gasteiger partial charge in [0.15, 0.2) is 6.79 Å². The molecule has 3 atom stereocenters. The van der Waals surface area contributed by atoms with E-state index < -0.39 is 47.8 Å². The van der Waals surface area contributed by atoms with Crippen LogP contribution < -0.4 is 30.6 Å². The summed E-state index contributed by atoms with van der Waals surface area (Å²) in [5.41, 5.74) is 7.65. The fourth-order valence-electron chi connectivity index (χ4n) is 6.28. The number of primary amides is 1. The van der Waals surface area contributed by atoms with Crippen molar-refractivity contribution < 1.29 is 52.4 Å². The minimum absolute atomic E-state index is 0.111. The van der Waals surface area contributed by atoms with E-state index in [-0.39, 0.29) is 45.9 Å². The Kier molecular flexibility index (Phi) is 15.9. The third kappa shape index (κ3) is 11.7. The zero-order valence-corrected chi connectivity index (χ0v) is 33.2. The van der Waals surface area contributed by atoms with Crippen molar-refractivity contribution in [2.24, 2.45) is 11.7 Å². The molecule has 0 aliphatic heterocycles. The molecular formula is C40H48BrN3O11. The molecule has 1 fully saturated rings. The average molecular weight is 827 g/mol. The van der Waals surface area contributed by atoms with E-state index in [1.807, 2.05) is 0 Å². The van der Waals surface area contributed by atoms with Crippen LogP contribution in [0.5, 0.6) is 17.2 Å². The molecule has 0 bridgehead atoms. The molecule has 1 saturated carbocycles. The minimum Gasteiger partial charge on any atom is -0.492 e. The Hall–Kier alpha value is -5.15. The van der Waals surface area contributed by atoms with Crippen molar-refractivity contribution in [2.75, 3.05) is 34.7 Å². The molecule has 14 nitrogen and oxygen atoms in total. The summed E-state index contributed by atoms with van der Waals surface area (Å²) in [6.45, 7) is 3.40. The lowest BCUT2D eigenvalue weighted by molar-refractivity contribution is -0.149. The predicted molar refractivity (Wildman–Crippen MR) is 205 cm³/mol. The number of carbonyl (C=O) groups excluding carboxylic acids is 5. The smallest absolute Gasteiger partial charge is 0.351 e. The molecule has 0 spiro atoms. The van der Waals surface area contributed by atoms with Gasteiger partial charge in [-0.3, -0.25) is 14.4 Å². The van der Waals surface area contributed by atoms with Crippen molar-refractivity contribution in [3.63, 3.8) is 0 Å². The van der Waals surface area contributed by atoms with E-state index in [2.05, 4.69) is 26.6 Å². The highest BCUT2D eigenvalue weighted by molar-refractivity contribution is 9.10. The van der Waals surface area contributed by atoms with Gasteiger partial charge in [0.05, 0.1) is 42.5 Å². The molecule has 3 aromatic rings. The largest absolute Gasteiger partial charge is 0.492 e. The van der Waals surface area contributed by atoms with E-state index in [1.165, 1.54) is 59.6 Å². The Morgan fingerprint density at radius 2 is 1.58 bits per heavy atom. The molecule has 15 heteroatoms. The molecule has 0 radical (unpaired) electrons. The molecule has 1 aliphatic rings. The first kappa shape index (κ1) is 42.6. The van der Waals surface area contributed by atoms with Gasteiger partial charge in [-0.05, 0) is 83.1 Å². The van der Waals surface area contributed by atoms with E-state index in [0.29, 0.717) is 29.4 Å². The van der Waals surface area contributed by atoms with Crippen LogP contribution in [0.1, 0.15) is 95.5 Å². The third-order valence-electron chi connectivity index (χ3n) is 9.19. The number of halogens is 1. The van der Waals surface area contributed by atoms with Crippen LogP contribution in [0.15, 0.2) is 59.1 Å². The Balaban J connectivity index is 1.48. The van der Waals surface area contributed by atoms with Crippen LogP contribution in [0.4, 0.5) is 0 Å². The molecule has 4 rings (SSSR count). The van der Waals surface area contributed by atoms with E-state index in [4.69, 9.17) is 34.2 Å². The number of nitrogens with one attached hydrogen (secondary N) is 2. The number of benzene rings is 3. The third-order valence-corrected chi connectivity index (χ3v) is 9.98. The molecule has 296 valence electrons. The van der Waals surface area contributed by atoms with Gasteiger partial charge >= 0.3 is 11.9 Å². The molecule has 0 aromatic heterocycles. The highest BCUT2D eigenvalue weighted by Crippen LogP contribution is 2.39. The van der Waals surface area contributed by atoms with Gasteiger partial charge < -0.3 is 44.8 Å². The first-order valence-electron chi connectivity index (χ1n) is 17.9. The Bertz CT molecular complexity index is 1830. The van der Waals surface area contributed by atoms with Crippen molar-refractivity contribution >= 4 is 45.6 Å². The van der Waals surface area contributed by atoms with Crippen LogP contribution in [-0.2, 0) is 35.0 Å². The Morgan fingerprint density at radius 3 is 2.20 bits per heavy atom. The van der Waals surface area contributed by atoms with Gasteiger partial charge in [-0.2, -0.15) is 0 Å². The molecule has 3 aromatic carbocycles. The molecule has 3 amide bonds. The van der Waals surface area contributed by atoms with Gasteiger partial charge in [-0.25, -0.2) is 9.59 Å². The molecule has 4 N–H and O–H groups in total. The van der Waals surface area contributed by atoms with Gasteiger partial charge in [0.1, 0.15) is 23.3 Å². The monoisotopic (exact) mass is 825 g/mol. The van der Waals surface area contributed by atoms with Crippen LogP contribution in [0.25, 0.3) is 0 Å². The Morgan fingerprint density at radius 1 is 0.873 bits per heavy atom. The lowest BCUT2D eigenvalue weighted by Crippen LogP contribution is -2.48. The SMILES string of the molecule is COCOc1c(C(Oc2ccc(C[C@H](NC(C)=O)C(=O)NC(C)c3ccc(OCC4CCCCC4)c(C(N)=O)c3)cc2)C(=O)OC)ccc(C(=O)OC)c1Br. The van der Waals surface area contributed by atoms with Crippen LogP contribution >= 0.6 is 15.9 Å². The molecule has 1 aliphatic carbocycles. The predicted octanol–water partition coefficient (Wildman–Crippen LogP) is 5.49. The van der Waals surface area contributed by atoms with E-state index in [1.54, 1.807) is 49.4 Å². The summed E-state index contributed by atoms with van der Waals surface area (Å²) >= 11 is 3.37. The highest BCUT2D eigenvalue weighted by atomic mass is 79.9. The number of amides is 3. The summed E-state index contributed by atoms with van der Waals surface area (Å²) in [6.07, 6.45) is 4.56. The van der Waals surface area contributed by atoms with Gasteiger partial charge in [0.25, 0.3) is 5.91 Å². The number of esters is 2. The van der Waals surface area contributed by atoms with Crippen molar-refractivity contribution in [2.45, 2.75) is 70.6 Å². The minimum atomic E-state index is -1.32. The van der Waals surface area contributed by atoms with Crippen molar-refractivity contribution in [1.29, 1.82) is 0 Å². The summed E-state index contributed by atoms with van der Waals surface area (Å²) in [4.78, 5) is 63.4. The van der Waals surface area contributed by atoms with E-state index >= 15 is 0 Å². The van der Waals surface area contributed by atoms with Crippen LogP contribution in [0, 0.1) is 5.92 Å². The summed E-state index contributed by atoms with van der Waals surface area (Å²) in [7, 11) is 3.87. The number of rotatable bonds is 18. The topological polar surface area (TPSA) is 191 Å². The molecule has 0 heterocycles. The lowest BCUT2D eigenvalue weighted by Gasteiger charge is -2.24. The second kappa shape index (κ2) is 20.5. The second-order valence-corrected chi connectivity index (χ2v) is 14.0. The highest BCUT2D eigenvalue weighted by Gasteiger charge is 2.31. The fourth-order valence-corrected chi connectivity index (χ4v) is 6.92. The van der Waals surface area contributed by atoms with E-state index in [9.17, 15) is 24.0 Å². The summed E-state index contributed by atoms with van der Waals surface area (Å²) in [6, 6.07) is 13.2. The normalized spacial score (nSPS) is 14.4.